The van der Waals surface area contributed by atoms with Crippen molar-refractivity contribution in [2.75, 3.05) is 14.2 Å². The van der Waals surface area contributed by atoms with Crippen LogP contribution in [-0.2, 0) is 0 Å². The van der Waals surface area contributed by atoms with Gasteiger partial charge in [0.1, 0.15) is 11.5 Å². The molecule has 112 valence electrons. The summed E-state index contributed by atoms with van der Waals surface area (Å²) in [5.41, 5.74) is 4.32. The van der Waals surface area contributed by atoms with Gasteiger partial charge in [-0.05, 0) is 42.0 Å². The van der Waals surface area contributed by atoms with E-state index in [4.69, 9.17) is 38.5 Å². The van der Waals surface area contributed by atoms with E-state index >= 15 is 0 Å². The number of benzene rings is 2. The molecular weight excluding hydrogens is 311 g/mol. The van der Waals surface area contributed by atoms with E-state index in [-0.39, 0.29) is 6.04 Å². The second kappa shape index (κ2) is 7.00. The molecule has 0 aliphatic carbocycles. The van der Waals surface area contributed by atoms with Crippen molar-refractivity contribution in [3.05, 3.63) is 57.6 Å². The van der Waals surface area contributed by atoms with Crippen molar-refractivity contribution >= 4 is 23.2 Å². The lowest BCUT2D eigenvalue weighted by atomic mass is 9.98. The second-order valence-corrected chi connectivity index (χ2v) is 5.22. The molecule has 0 fully saturated rings. The van der Waals surface area contributed by atoms with Crippen LogP contribution in [0.3, 0.4) is 0 Å². The average Bonchev–Trinajstić information content (AvgIpc) is 2.51. The molecule has 2 aromatic rings. The normalized spacial score (nSPS) is 12.0. The summed E-state index contributed by atoms with van der Waals surface area (Å²) in [6.45, 7) is 0. The van der Waals surface area contributed by atoms with Crippen LogP contribution >= 0.6 is 23.2 Å². The molecule has 0 heterocycles. The van der Waals surface area contributed by atoms with Gasteiger partial charge in [-0.25, -0.2) is 5.43 Å². The number of hydrogen-bond acceptors (Lipinski definition) is 4. The van der Waals surface area contributed by atoms with Crippen molar-refractivity contribution in [2.24, 2.45) is 5.84 Å². The van der Waals surface area contributed by atoms with E-state index in [1.165, 1.54) is 0 Å². The van der Waals surface area contributed by atoms with Crippen molar-refractivity contribution in [1.29, 1.82) is 0 Å². The molecule has 6 heteroatoms. The maximum absolute atomic E-state index is 6.26. The van der Waals surface area contributed by atoms with E-state index in [1.54, 1.807) is 32.4 Å². The van der Waals surface area contributed by atoms with E-state index in [0.29, 0.717) is 21.5 Å². The first-order chi connectivity index (χ1) is 10.1. The molecule has 1 unspecified atom stereocenters. The van der Waals surface area contributed by atoms with Crippen LogP contribution in [0, 0.1) is 0 Å². The summed E-state index contributed by atoms with van der Waals surface area (Å²) in [5, 5.41) is 1.14. The SMILES string of the molecule is COc1ccc(OC)c(C(NN)c2cc(Cl)ccc2Cl)c1. The van der Waals surface area contributed by atoms with Crippen LogP contribution in [0.25, 0.3) is 0 Å². The molecule has 0 bridgehead atoms. The van der Waals surface area contributed by atoms with Crippen LogP contribution in [0.1, 0.15) is 17.2 Å². The van der Waals surface area contributed by atoms with Crippen LogP contribution in [0.4, 0.5) is 0 Å². The Kier molecular flexibility index (Phi) is 5.31. The molecule has 3 N–H and O–H groups in total. The van der Waals surface area contributed by atoms with Crippen LogP contribution in [0.15, 0.2) is 36.4 Å². The molecule has 2 rings (SSSR count). The number of hydrogen-bond donors (Lipinski definition) is 2. The Morgan fingerprint density at radius 3 is 2.38 bits per heavy atom. The predicted molar refractivity (Wildman–Crippen MR) is 85.2 cm³/mol. The molecule has 1 atom stereocenters. The summed E-state index contributed by atoms with van der Waals surface area (Å²) in [4.78, 5) is 0. The van der Waals surface area contributed by atoms with Gasteiger partial charge in [0, 0.05) is 15.6 Å². The van der Waals surface area contributed by atoms with Crippen molar-refractivity contribution < 1.29 is 9.47 Å². The lowest BCUT2D eigenvalue weighted by molar-refractivity contribution is 0.394. The molecular formula is C15H16Cl2N2O2. The summed E-state index contributed by atoms with van der Waals surface area (Å²) in [6, 6.07) is 10.3. The van der Waals surface area contributed by atoms with Gasteiger partial charge in [0.05, 0.1) is 20.3 Å². The lowest BCUT2D eigenvalue weighted by Gasteiger charge is -2.21. The molecule has 0 saturated carbocycles. The summed E-state index contributed by atoms with van der Waals surface area (Å²) in [7, 11) is 3.20. The van der Waals surface area contributed by atoms with E-state index in [9.17, 15) is 0 Å². The van der Waals surface area contributed by atoms with Gasteiger partial charge in [-0.2, -0.15) is 0 Å². The van der Waals surface area contributed by atoms with Crippen LogP contribution in [0.5, 0.6) is 11.5 Å². The minimum Gasteiger partial charge on any atom is -0.497 e. The van der Waals surface area contributed by atoms with Crippen LogP contribution in [-0.4, -0.2) is 14.2 Å². The fourth-order valence-corrected chi connectivity index (χ4v) is 2.56. The van der Waals surface area contributed by atoms with E-state index in [1.807, 2.05) is 18.2 Å². The zero-order valence-electron chi connectivity index (χ0n) is 11.7. The van der Waals surface area contributed by atoms with Gasteiger partial charge in [0.25, 0.3) is 0 Å². The minimum atomic E-state index is -0.374. The standard InChI is InChI=1S/C15H16Cl2N2O2/c1-20-10-4-6-14(21-2)12(8-10)15(19-18)11-7-9(16)3-5-13(11)17/h3-8,15,19H,18H2,1-2H3. The largest absolute Gasteiger partial charge is 0.497 e. The van der Waals surface area contributed by atoms with Crippen LogP contribution in [0.2, 0.25) is 10.0 Å². The number of hydrazine groups is 1. The third-order valence-electron chi connectivity index (χ3n) is 3.18. The number of nitrogens with two attached hydrogens (primary N) is 1. The van der Waals surface area contributed by atoms with Gasteiger partial charge in [0.15, 0.2) is 0 Å². The molecule has 4 nitrogen and oxygen atoms in total. The van der Waals surface area contributed by atoms with Crippen molar-refractivity contribution in [2.45, 2.75) is 6.04 Å². The number of nitrogens with one attached hydrogen (secondary N) is 1. The molecule has 0 amide bonds. The van der Waals surface area contributed by atoms with Crippen molar-refractivity contribution in [3.63, 3.8) is 0 Å². The number of halogens is 2. The highest BCUT2D eigenvalue weighted by molar-refractivity contribution is 6.33. The first-order valence-corrected chi connectivity index (χ1v) is 6.99. The highest BCUT2D eigenvalue weighted by Gasteiger charge is 2.20. The van der Waals surface area contributed by atoms with Crippen molar-refractivity contribution in [3.8, 4) is 11.5 Å². The maximum atomic E-state index is 6.26. The Labute approximate surface area is 133 Å². The Balaban J connectivity index is 2.57. The highest BCUT2D eigenvalue weighted by Crippen LogP contribution is 2.36. The molecule has 0 aliphatic heterocycles. The fourth-order valence-electron chi connectivity index (χ4n) is 2.15. The quantitative estimate of drug-likeness (QED) is 0.651. The van der Waals surface area contributed by atoms with Crippen LogP contribution < -0.4 is 20.7 Å². The summed E-state index contributed by atoms with van der Waals surface area (Å²) < 4.78 is 10.6. The lowest BCUT2D eigenvalue weighted by Crippen LogP contribution is -2.29. The summed E-state index contributed by atoms with van der Waals surface area (Å²) in [6.07, 6.45) is 0. The predicted octanol–water partition coefficient (Wildman–Crippen LogP) is 3.56. The van der Waals surface area contributed by atoms with Gasteiger partial charge in [-0.3, -0.25) is 5.84 Å². The molecule has 0 radical (unpaired) electrons. The third-order valence-corrected chi connectivity index (χ3v) is 3.76. The Bertz CT molecular complexity index is 635. The third kappa shape index (κ3) is 3.41. The zero-order valence-corrected chi connectivity index (χ0v) is 13.2. The smallest absolute Gasteiger partial charge is 0.124 e. The number of ether oxygens (including phenoxy) is 2. The maximum Gasteiger partial charge on any atom is 0.124 e. The fraction of sp³-hybridized carbons (Fsp3) is 0.200. The second-order valence-electron chi connectivity index (χ2n) is 4.37. The molecule has 21 heavy (non-hydrogen) atoms. The van der Waals surface area contributed by atoms with E-state index in [2.05, 4.69) is 5.43 Å². The first kappa shape index (κ1) is 15.9. The van der Waals surface area contributed by atoms with Gasteiger partial charge in [0.2, 0.25) is 0 Å². The summed E-state index contributed by atoms with van der Waals surface area (Å²) >= 11 is 12.3. The molecule has 2 aromatic carbocycles. The highest BCUT2D eigenvalue weighted by atomic mass is 35.5. The van der Waals surface area contributed by atoms with E-state index in [0.717, 1.165) is 11.1 Å². The number of rotatable bonds is 5. The molecule has 0 saturated heterocycles. The molecule has 0 aromatic heterocycles. The minimum absolute atomic E-state index is 0.374. The monoisotopic (exact) mass is 326 g/mol. The average molecular weight is 327 g/mol. The van der Waals surface area contributed by atoms with Gasteiger partial charge in [-0.15, -0.1) is 0 Å². The molecule has 0 aliphatic rings. The Morgan fingerprint density at radius 1 is 1.00 bits per heavy atom. The zero-order chi connectivity index (χ0) is 15.4. The van der Waals surface area contributed by atoms with E-state index < -0.39 is 0 Å². The van der Waals surface area contributed by atoms with Gasteiger partial charge >= 0.3 is 0 Å². The summed E-state index contributed by atoms with van der Waals surface area (Å²) in [5.74, 6) is 7.10. The van der Waals surface area contributed by atoms with Gasteiger partial charge < -0.3 is 9.47 Å². The topological polar surface area (TPSA) is 56.5 Å². The number of methoxy groups -OCH3 is 2. The Hall–Kier alpha value is -1.46. The molecule has 0 spiro atoms. The van der Waals surface area contributed by atoms with Crippen molar-refractivity contribution in [1.82, 2.24) is 5.43 Å². The first-order valence-electron chi connectivity index (χ1n) is 6.23. The van der Waals surface area contributed by atoms with Gasteiger partial charge in [-0.1, -0.05) is 23.2 Å². The Morgan fingerprint density at radius 2 is 1.76 bits per heavy atom.